The minimum atomic E-state index is 0.712. The molecule has 2 aromatic carbocycles. The molecule has 0 unspecified atom stereocenters. The molecule has 1 aliphatic carbocycles. The zero-order chi connectivity index (χ0) is 11.8. The van der Waals surface area contributed by atoms with Crippen LogP contribution in [0.2, 0.25) is 0 Å². The Kier molecular flexibility index (Phi) is 3.10. The van der Waals surface area contributed by atoms with E-state index < -0.39 is 0 Å². The van der Waals surface area contributed by atoms with Crippen LogP contribution in [-0.4, -0.2) is 0 Å². The van der Waals surface area contributed by atoms with Crippen molar-refractivity contribution in [2.75, 3.05) is 0 Å². The molecule has 2 aromatic rings. The Morgan fingerprint density at radius 1 is 0.647 bits per heavy atom. The molecule has 0 heterocycles. The normalized spacial score (nSPS) is 22.5. The summed E-state index contributed by atoms with van der Waals surface area (Å²) in [6.45, 7) is 0. The summed E-state index contributed by atoms with van der Waals surface area (Å²) in [6, 6.07) is 17.4. The summed E-state index contributed by atoms with van der Waals surface area (Å²) in [4.78, 5) is 0. The van der Waals surface area contributed by atoms with E-state index in [0.717, 1.165) is 8.95 Å². The molecule has 86 valence electrons. The fourth-order valence-corrected chi connectivity index (χ4v) is 2.88. The van der Waals surface area contributed by atoms with Crippen LogP contribution in [0, 0.1) is 0 Å². The maximum absolute atomic E-state index is 3.48. The van der Waals surface area contributed by atoms with E-state index in [1.54, 1.807) is 0 Å². The van der Waals surface area contributed by atoms with E-state index in [0.29, 0.717) is 11.8 Å². The van der Waals surface area contributed by atoms with Crippen molar-refractivity contribution < 1.29 is 0 Å². The Bertz CT molecular complexity index is 464. The lowest BCUT2D eigenvalue weighted by atomic mass is 10.0. The predicted molar refractivity (Wildman–Crippen MR) is 78.4 cm³/mol. The van der Waals surface area contributed by atoms with Crippen molar-refractivity contribution in [2.24, 2.45) is 0 Å². The second-order valence-electron chi connectivity index (χ2n) is 4.55. The molecule has 1 saturated carbocycles. The third-order valence-corrected chi connectivity index (χ3v) is 4.44. The van der Waals surface area contributed by atoms with E-state index in [9.17, 15) is 0 Å². The van der Waals surface area contributed by atoms with Gasteiger partial charge in [0, 0.05) is 8.95 Å². The molecule has 0 spiro atoms. The fraction of sp³-hybridized carbons (Fsp3) is 0.200. The first-order chi connectivity index (χ1) is 8.24. The minimum Gasteiger partial charge on any atom is -0.0576 e. The van der Waals surface area contributed by atoms with E-state index in [1.165, 1.54) is 17.5 Å². The minimum absolute atomic E-state index is 0.712. The molecule has 17 heavy (non-hydrogen) atoms. The molecule has 0 nitrogen and oxygen atoms in total. The summed E-state index contributed by atoms with van der Waals surface area (Å²) in [7, 11) is 0. The van der Waals surface area contributed by atoms with Crippen LogP contribution < -0.4 is 0 Å². The van der Waals surface area contributed by atoms with Crippen molar-refractivity contribution >= 4 is 31.9 Å². The van der Waals surface area contributed by atoms with Gasteiger partial charge in [0.05, 0.1) is 0 Å². The molecule has 1 aliphatic rings. The molecule has 2 atom stereocenters. The maximum atomic E-state index is 3.48. The van der Waals surface area contributed by atoms with Gasteiger partial charge in [-0.1, -0.05) is 56.1 Å². The highest BCUT2D eigenvalue weighted by Gasteiger charge is 2.39. The van der Waals surface area contributed by atoms with Crippen molar-refractivity contribution in [1.82, 2.24) is 0 Å². The lowest BCUT2D eigenvalue weighted by Crippen LogP contribution is -1.84. The second-order valence-corrected chi connectivity index (χ2v) is 6.38. The summed E-state index contributed by atoms with van der Waals surface area (Å²) < 4.78 is 2.31. The third-order valence-electron chi connectivity index (χ3n) is 3.39. The lowest BCUT2D eigenvalue weighted by molar-refractivity contribution is 1.03. The number of halogens is 2. The van der Waals surface area contributed by atoms with Gasteiger partial charge in [0.15, 0.2) is 0 Å². The smallest absolute Gasteiger partial charge is 0.0175 e. The molecular weight excluding hydrogens is 340 g/mol. The summed E-state index contributed by atoms with van der Waals surface area (Å²) in [5, 5.41) is 0. The topological polar surface area (TPSA) is 0 Å². The monoisotopic (exact) mass is 350 g/mol. The van der Waals surface area contributed by atoms with Gasteiger partial charge in [0.1, 0.15) is 0 Å². The van der Waals surface area contributed by atoms with Crippen molar-refractivity contribution in [1.29, 1.82) is 0 Å². The molecule has 0 aliphatic heterocycles. The van der Waals surface area contributed by atoms with Gasteiger partial charge < -0.3 is 0 Å². The molecule has 0 saturated heterocycles. The Morgan fingerprint density at radius 3 is 1.35 bits per heavy atom. The molecule has 0 aromatic heterocycles. The van der Waals surface area contributed by atoms with E-state index in [-0.39, 0.29) is 0 Å². The molecule has 0 amide bonds. The van der Waals surface area contributed by atoms with Gasteiger partial charge in [-0.05, 0) is 53.6 Å². The quantitative estimate of drug-likeness (QED) is 0.671. The van der Waals surface area contributed by atoms with Crippen molar-refractivity contribution in [2.45, 2.75) is 18.3 Å². The third kappa shape index (κ3) is 2.48. The molecule has 0 N–H and O–H groups in total. The standard InChI is InChI=1S/C15H12Br2/c16-12-5-1-10(2-6-12)14-9-15(14)11-3-7-13(17)8-4-11/h1-8,14-15H,9H2/t14-,15-/m0/s1. The largest absolute Gasteiger partial charge is 0.0576 e. The van der Waals surface area contributed by atoms with Crippen LogP contribution in [0.3, 0.4) is 0 Å². The summed E-state index contributed by atoms with van der Waals surface area (Å²) in [6.07, 6.45) is 1.28. The SMILES string of the molecule is Brc1ccc([C@@H]2C[C@H]2c2ccc(Br)cc2)cc1. The summed E-state index contributed by atoms with van der Waals surface area (Å²) in [5.74, 6) is 1.42. The lowest BCUT2D eigenvalue weighted by Gasteiger charge is -2.02. The van der Waals surface area contributed by atoms with Gasteiger partial charge in [0.2, 0.25) is 0 Å². The molecule has 2 heteroatoms. The average molecular weight is 352 g/mol. The van der Waals surface area contributed by atoms with Crippen LogP contribution >= 0.6 is 31.9 Å². The van der Waals surface area contributed by atoms with Gasteiger partial charge in [-0.3, -0.25) is 0 Å². The van der Waals surface area contributed by atoms with E-state index in [4.69, 9.17) is 0 Å². The Balaban J connectivity index is 1.78. The maximum Gasteiger partial charge on any atom is 0.0175 e. The van der Waals surface area contributed by atoms with Crippen molar-refractivity contribution in [3.63, 3.8) is 0 Å². The van der Waals surface area contributed by atoms with E-state index in [1.807, 2.05) is 0 Å². The van der Waals surface area contributed by atoms with Gasteiger partial charge >= 0.3 is 0 Å². The van der Waals surface area contributed by atoms with Crippen LogP contribution in [-0.2, 0) is 0 Å². The van der Waals surface area contributed by atoms with Gasteiger partial charge in [-0.15, -0.1) is 0 Å². The number of rotatable bonds is 2. The highest BCUT2D eigenvalue weighted by atomic mass is 79.9. The number of hydrogen-bond acceptors (Lipinski definition) is 0. The Hall–Kier alpha value is -0.600. The Labute approximate surface area is 118 Å². The van der Waals surface area contributed by atoms with Gasteiger partial charge in [0.25, 0.3) is 0 Å². The summed E-state index contributed by atoms with van der Waals surface area (Å²) >= 11 is 6.96. The zero-order valence-corrected chi connectivity index (χ0v) is 12.4. The zero-order valence-electron chi connectivity index (χ0n) is 9.24. The molecule has 0 radical (unpaired) electrons. The average Bonchev–Trinajstić information content (AvgIpc) is 3.11. The Morgan fingerprint density at radius 2 is 1.00 bits per heavy atom. The van der Waals surface area contributed by atoms with E-state index >= 15 is 0 Å². The molecule has 0 bridgehead atoms. The van der Waals surface area contributed by atoms with Crippen LogP contribution in [0.25, 0.3) is 0 Å². The predicted octanol–water partition coefficient (Wildman–Crippen LogP) is 5.48. The molecule has 3 rings (SSSR count). The first kappa shape index (κ1) is 11.5. The molecular formula is C15H12Br2. The number of benzene rings is 2. The van der Waals surface area contributed by atoms with Crippen molar-refractivity contribution in [3.8, 4) is 0 Å². The summed E-state index contributed by atoms with van der Waals surface area (Å²) in [5.41, 5.74) is 2.92. The van der Waals surface area contributed by atoms with Crippen LogP contribution in [0.4, 0.5) is 0 Å². The van der Waals surface area contributed by atoms with Gasteiger partial charge in [-0.2, -0.15) is 0 Å². The van der Waals surface area contributed by atoms with Crippen LogP contribution in [0.15, 0.2) is 57.5 Å². The second kappa shape index (κ2) is 4.58. The number of hydrogen-bond donors (Lipinski definition) is 0. The highest BCUT2D eigenvalue weighted by Crippen LogP contribution is 2.54. The van der Waals surface area contributed by atoms with E-state index in [2.05, 4.69) is 80.4 Å². The molecule has 1 fully saturated rings. The van der Waals surface area contributed by atoms with Crippen LogP contribution in [0.5, 0.6) is 0 Å². The first-order valence-electron chi connectivity index (χ1n) is 5.75. The fourth-order valence-electron chi connectivity index (χ4n) is 2.35. The first-order valence-corrected chi connectivity index (χ1v) is 7.33. The van der Waals surface area contributed by atoms with Crippen LogP contribution in [0.1, 0.15) is 29.4 Å². The highest BCUT2D eigenvalue weighted by molar-refractivity contribution is 9.10. The van der Waals surface area contributed by atoms with Crippen molar-refractivity contribution in [3.05, 3.63) is 68.6 Å². The van der Waals surface area contributed by atoms with Gasteiger partial charge in [-0.25, -0.2) is 0 Å².